The Balaban J connectivity index is 2.53. The summed E-state index contributed by atoms with van der Waals surface area (Å²) < 4.78 is 0. The van der Waals surface area contributed by atoms with Gasteiger partial charge >= 0.3 is 12.0 Å². The van der Waals surface area contributed by atoms with E-state index < -0.39 is 23.2 Å². The van der Waals surface area contributed by atoms with Crippen LogP contribution in [0.25, 0.3) is 0 Å². The second-order valence-corrected chi connectivity index (χ2v) is 5.73. The van der Waals surface area contributed by atoms with E-state index in [1.807, 2.05) is 0 Å². The van der Waals surface area contributed by atoms with Crippen LogP contribution in [0, 0.1) is 17.3 Å². The first-order valence-electron chi connectivity index (χ1n) is 6.20. The molecule has 0 aliphatic carbocycles. The highest BCUT2D eigenvalue weighted by Crippen LogP contribution is 2.23. The summed E-state index contributed by atoms with van der Waals surface area (Å²) in [4.78, 5) is 35.5. The quantitative estimate of drug-likeness (QED) is 0.660. The summed E-state index contributed by atoms with van der Waals surface area (Å²) in [6.07, 6.45) is 0. The summed E-state index contributed by atoms with van der Waals surface area (Å²) >= 11 is 0. The lowest BCUT2D eigenvalue weighted by Gasteiger charge is -2.23. The van der Waals surface area contributed by atoms with Gasteiger partial charge in [0.2, 0.25) is 5.91 Å². The average molecular weight is 271 g/mol. The van der Waals surface area contributed by atoms with Crippen molar-refractivity contribution in [1.29, 1.82) is 0 Å². The fraction of sp³-hybridized carbons (Fsp3) is 0.750. The molecule has 7 nitrogen and oxygen atoms in total. The predicted octanol–water partition coefficient (Wildman–Crippen LogP) is -0.140. The zero-order chi connectivity index (χ0) is 14.8. The Morgan fingerprint density at radius 1 is 1.37 bits per heavy atom. The number of nitrogens with two attached hydrogens (primary N) is 1. The topological polar surface area (TPSA) is 113 Å². The van der Waals surface area contributed by atoms with Crippen LogP contribution in [-0.2, 0) is 9.59 Å². The summed E-state index contributed by atoms with van der Waals surface area (Å²) in [6.45, 7) is 5.81. The standard InChI is InChI=1S/C12H21N3O4/c1-7-4-15(5-8(7)9(16)17)11(19)14-6-12(2,3)10(13)18/h7-8H,4-6H2,1-3H3,(H2,13,18)(H,14,19)(H,16,17)/t7-,8-/m1/s1. The fourth-order valence-corrected chi connectivity index (χ4v) is 1.95. The minimum atomic E-state index is -0.889. The van der Waals surface area contributed by atoms with Crippen LogP contribution < -0.4 is 11.1 Å². The molecular formula is C12H21N3O4. The van der Waals surface area contributed by atoms with E-state index >= 15 is 0 Å². The lowest BCUT2D eigenvalue weighted by molar-refractivity contribution is -0.142. The normalized spacial score (nSPS) is 23.2. The zero-order valence-corrected chi connectivity index (χ0v) is 11.5. The number of aliphatic carboxylic acids is 1. The average Bonchev–Trinajstić information content (AvgIpc) is 2.68. The molecule has 1 aliphatic heterocycles. The number of likely N-dealkylation sites (tertiary alicyclic amines) is 1. The largest absolute Gasteiger partial charge is 0.481 e. The maximum Gasteiger partial charge on any atom is 0.317 e. The van der Waals surface area contributed by atoms with E-state index in [9.17, 15) is 14.4 Å². The van der Waals surface area contributed by atoms with Crippen molar-refractivity contribution in [1.82, 2.24) is 10.2 Å². The fourth-order valence-electron chi connectivity index (χ4n) is 1.95. The van der Waals surface area contributed by atoms with E-state index in [4.69, 9.17) is 10.8 Å². The van der Waals surface area contributed by atoms with E-state index in [1.165, 1.54) is 4.90 Å². The van der Waals surface area contributed by atoms with E-state index in [1.54, 1.807) is 20.8 Å². The molecule has 7 heteroatoms. The van der Waals surface area contributed by atoms with Gasteiger partial charge in [0.15, 0.2) is 0 Å². The number of nitrogens with zero attached hydrogens (tertiary/aromatic N) is 1. The van der Waals surface area contributed by atoms with Crippen LogP contribution in [0.5, 0.6) is 0 Å². The van der Waals surface area contributed by atoms with Crippen LogP contribution in [-0.4, -0.2) is 47.5 Å². The molecule has 0 aromatic carbocycles. The monoisotopic (exact) mass is 271 g/mol. The second kappa shape index (κ2) is 5.46. The number of carboxylic acids is 1. The highest BCUT2D eigenvalue weighted by molar-refractivity contribution is 5.82. The molecular weight excluding hydrogens is 250 g/mol. The summed E-state index contributed by atoms with van der Waals surface area (Å²) in [5.41, 5.74) is 4.39. The van der Waals surface area contributed by atoms with Gasteiger partial charge in [-0.3, -0.25) is 9.59 Å². The Kier molecular flexibility index (Phi) is 4.39. The Morgan fingerprint density at radius 2 is 1.95 bits per heavy atom. The maximum atomic E-state index is 11.9. The van der Waals surface area contributed by atoms with Crippen molar-refractivity contribution in [3.63, 3.8) is 0 Å². The Bertz CT molecular complexity index is 394. The first-order chi connectivity index (χ1) is 8.65. The molecule has 1 fully saturated rings. The number of urea groups is 1. The second-order valence-electron chi connectivity index (χ2n) is 5.73. The highest BCUT2D eigenvalue weighted by atomic mass is 16.4. The van der Waals surface area contributed by atoms with Gasteiger partial charge in [-0.05, 0) is 19.8 Å². The summed E-state index contributed by atoms with van der Waals surface area (Å²) in [7, 11) is 0. The number of hydrogen-bond donors (Lipinski definition) is 3. The van der Waals surface area contributed by atoms with Gasteiger partial charge in [-0.2, -0.15) is 0 Å². The van der Waals surface area contributed by atoms with Crippen LogP contribution in [0.4, 0.5) is 4.79 Å². The molecule has 0 aromatic heterocycles. The number of nitrogens with one attached hydrogen (secondary N) is 1. The molecule has 108 valence electrons. The van der Waals surface area contributed by atoms with Gasteiger partial charge in [-0.1, -0.05) is 6.92 Å². The smallest absolute Gasteiger partial charge is 0.317 e. The molecule has 1 rings (SSSR count). The van der Waals surface area contributed by atoms with Gasteiger partial charge in [0.25, 0.3) is 0 Å². The molecule has 0 bridgehead atoms. The number of carboxylic acid groups (broad SMARTS) is 1. The lowest BCUT2D eigenvalue weighted by atomic mass is 9.93. The van der Waals surface area contributed by atoms with Crippen LogP contribution in [0.15, 0.2) is 0 Å². The van der Waals surface area contributed by atoms with Gasteiger partial charge in [0.1, 0.15) is 0 Å². The molecule has 1 aliphatic rings. The van der Waals surface area contributed by atoms with E-state index in [2.05, 4.69) is 5.32 Å². The minimum absolute atomic E-state index is 0.0765. The van der Waals surface area contributed by atoms with Gasteiger partial charge < -0.3 is 21.1 Å². The van der Waals surface area contributed by atoms with Crippen LogP contribution >= 0.6 is 0 Å². The Labute approximate surface area is 112 Å². The molecule has 1 saturated heterocycles. The first-order valence-corrected chi connectivity index (χ1v) is 6.20. The first kappa shape index (κ1) is 15.3. The maximum absolute atomic E-state index is 11.9. The van der Waals surface area contributed by atoms with Gasteiger partial charge in [0, 0.05) is 19.6 Å². The Hall–Kier alpha value is -1.79. The molecule has 1 heterocycles. The Morgan fingerprint density at radius 3 is 2.37 bits per heavy atom. The van der Waals surface area contributed by atoms with Gasteiger partial charge in [0.05, 0.1) is 11.3 Å². The number of hydrogen-bond acceptors (Lipinski definition) is 3. The molecule has 0 saturated carbocycles. The molecule has 0 unspecified atom stereocenters. The van der Waals surface area contributed by atoms with E-state index in [-0.39, 0.29) is 25.0 Å². The molecule has 3 amide bonds. The SMILES string of the molecule is C[C@@H]1CN(C(=O)NCC(C)(C)C(N)=O)C[C@H]1C(=O)O. The van der Waals surface area contributed by atoms with Crippen molar-refractivity contribution < 1.29 is 19.5 Å². The summed E-state index contributed by atoms with van der Waals surface area (Å²) in [5, 5.41) is 11.6. The number of carbonyl (C=O) groups excluding carboxylic acids is 2. The van der Waals surface area contributed by atoms with Crippen molar-refractivity contribution in [3.05, 3.63) is 0 Å². The molecule has 0 radical (unpaired) electrons. The molecule has 4 N–H and O–H groups in total. The van der Waals surface area contributed by atoms with Gasteiger partial charge in [-0.25, -0.2) is 4.79 Å². The van der Waals surface area contributed by atoms with Crippen molar-refractivity contribution in [2.24, 2.45) is 23.0 Å². The molecule has 2 atom stereocenters. The number of rotatable bonds is 4. The molecule has 0 aromatic rings. The van der Waals surface area contributed by atoms with Crippen LogP contribution in [0.2, 0.25) is 0 Å². The predicted molar refractivity (Wildman–Crippen MR) is 68.2 cm³/mol. The number of carbonyl (C=O) groups is 3. The van der Waals surface area contributed by atoms with E-state index in [0.29, 0.717) is 6.54 Å². The number of primary amides is 1. The van der Waals surface area contributed by atoms with Crippen molar-refractivity contribution in [2.75, 3.05) is 19.6 Å². The van der Waals surface area contributed by atoms with Crippen LogP contribution in [0.1, 0.15) is 20.8 Å². The lowest BCUT2D eigenvalue weighted by Crippen LogP contribution is -2.46. The third kappa shape index (κ3) is 3.59. The van der Waals surface area contributed by atoms with Crippen LogP contribution in [0.3, 0.4) is 0 Å². The minimum Gasteiger partial charge on any atom is -0.481 e. The van der Waals surface area contributed by atoms with Crippen molar-refractivity contribution in [2.45, 2.75) is 20.8 Å². The molecule has 19 heavy (non-hydrogen) atoms. The van der Waals surface area contributed by atoms with Crippen molar-refractivity contribution >= 4 is 17.9 Å². The third-order valence-electron chi connectivity index (χ3n) is 3.57. The summed E-state index contributed by atoms with van der Waals surface area (Å²) in [5.74, 6) is -1.99. The molecule has 0 spiro atoms. The van der Waals surface area contributed by atoms with Crippen molar-refractivity contribution in [3.8, 4) is 0 Å². The highest BCUT2D eigenvalue weighted by Gasteiger charge is 2.37. The zero-order valence-electron chi connectivity index (χ0n) is 11.5. The summed E-state index contributed by atoms with van der Waals surface area (Å²) in [6, 6.07) is -0.357. The van der Waals surface area contributed by atoms with Gasteiger partial charge in [-0.15, -0.1) is 0 Å². The van der Waals surface area contributed by atoms with E-state index in [0.717, 1.165) is 0 Å². The third-order valence-corrected chi connectivity index (χ3v) is 3.57. The number of amides is 3.